The number of Topliss-reactive ketones (excluding diaryl/α,β-unsaturated/α-hetero) is 1. The highest BCUT2D eigenvalue weighted by atomic mass is 35.5. The fourth-order valence-corrected chi connectivity index (χ4v) is 1.92. The van der Waals surface area contributed by atoms with Gasteiger partial charge in [-0.3, -0.25) is 4.79 Å². The maximum Gasteiger partial charge on any atom is 0.416 e. The Morgan fingerprint density at radius 1 is 1.44 bits per heavy atom. The number of benzene rings is 1. The Labute approximate surface area is 101 Å². The Morgan fingerprint density at radius 2 is 2.00 bits per heavy atom. The van der Waals surface area contributed by atoms with Crippen molar-refractivity contribution in [2.75, 3.05) is 0 Å². The number of ketones is 1. The van der Waals surface area contributed by atoms with E-state index in [0.29, 0.717) is 0 Å². The first-order valence-corrected chi connectivity index (χ1v) is 5.17. The van der Waals surface area contributed by atoms with Gasteiger partial charge in [-0.2, -0.15) is 13.2 Å². The van der Waals surface area contributed by atoms with E-state index in [1.807, 2.05) is 0 Å². The predicted octanol–water partition coefficient (Wildman–Crippen LogP) is 3.86. The number of thiol groups is 1. The zero-order chi connectivity index (χ0) is 12.5. The van der Waals surface area contributed by atoms with Gasteiger partial charge in [-0.25, -0.2) is 0 Å². The highest BCUT2D eigenvalue weighted by Gasteiger charge is 2.36. The highest BCUT2D eigenvalue weighted by molar-refractivity contribution is 7.80. The van der Waals surface area contributed by atoms with Crippen molar-refractivity contribution in [3.8, 4) is 0 Å². The lowest BCUT2D eigenvalue weighted by Gasteiger charge is -2.17. The van der Waals surface area contributed by atoms with Crippen LogP contribution < -0.4 is 0 Å². The number of hydrogen-bond acceptors (Lipinski definition) is 2. The minimum Gasteiger partial charge on any atom is -0.298 e. The van der Waals surface area contributed by atoms with Crippen molar-refractivity contribution in [2.24, 2.45) is 0 Å². The molecule has 0 heterocycles. The lowest BCUT2D eigenvalue weighted by Crippen LogP contribution is -2.14. The van der Waals surface area contributed by atoms with Gasteiger partial charge in [0.2, 0.25) is 0 Å². The van der Waals surface area contributed by atoms with Gasteiger partial charge in [0, 0.05) is 10.5 Å². The molecule has 0 radical (unpaired) electrons. The van der Waals surface area contributed by atoms with Crippen molar-refractivity contribution in [1.29, 1.82) is 0 Å². The van der Waals surface area contributed by atoms with E-state index in [0.717, 1.165) is 13.0 Å². The number of carbonyl (C=O) groups is 1. The third-order valence-electron chi connectivity index (χ3n) is 2.00. The molecule has 0 aliphatic heterocycles. The van der Waals surface area contributed by atoms with Crippen molar-refractivity contribution in [3.63, 3.8) is 0 Å². The second-order valence-corrected chi connectivity index (χ2v) is 4.13. The van der Waals surface area contributed by atoms with E-state index in [2.05, 4.69) is 12.6 Å². The molecule has 0 fully saturated rings. The molecule has 0 aliphatic carbocycles. The molecule has 1 aromatic carbocycles. The van der Waals surface area contributed by atoms with Gasteiger partial charge in [-0.1, -0.05) is 6.07 Å². The molecular formula is C10H8ClF3OS. The summed E-state index contributed by atoms with van der Waals surface area (Å²) in [7, 11) is 0. The van der Waals surface area contributed by atoms with E-state index in [1.165, 1.54) is 12.1 Å². The first-order chi connectivity index (χ1) is 7.25. The number of hydrogen-bond donors (Lipinski definition) is 1. The van der Waals surface area contributed by atoms with Crippen LogP contribution in [0.15, 0.2) is 23.1 Å². The molecule has 0 N–H and O–H groups in total. The van der Waals surface area contributed by atoms with Crippen molar-refractivity contribution < 1.29 is 18.0 Å². The Balaban J connectivity index is 3.41. The zero-order valence-electron chi connectivity index (χ0n) is 8.18. The fraction of sp³-hybridized carbons (Fsp3) is 0.300. The van der Waals surface area contributed by atoms with Crippen LogP contribution in [0.3, 0.4) is 0 Å². The van der Waals surface area contributed by atoms with Gasteiger partial charge in [0.15, 0.2) is 5.78 Å². The second kappa shape index (κ2) is 4.67. The van der Waals surface area contributed by atoms with E-state index >= 15 is 0 Å². The van der Waals surface area contributed by atoms with Crippen LogP contribution >= 0.6 is 24.2 Å². The molecule has 1 atom stereocenters. The molecule has 16 heavy (non-hydrogen) atoms. The molecule has 0 amide bonds. The van der Waals surface area contributed by atoms with Gasteiger partial charge in [0.1, 0.15) is 5.38 Å². The van der Waals surface area contributed by atoms with E-state index in [-0.39, 0.29) is 10.5 Å². The van der Waals surface area contributed by atoms with Crippen molar-refractivity contribution in [2.45, 2.75) is 23.4 Å². The molecule has 0 saturated carbocycles. The monoisotopic (exact) mass is 268 g/mol. The zero-order valence-corrected chi connectivity index (χ0v) is 9.83. The van der Waals surface area contributed by atoms with Crippen LogP contribution in [0.4, 0.5) is 13.2 Å². The van der Waals surface area contributed by atoms with Gasteiger partial charge in [0.05, 0.1) is 5.56 Å². The molecular weight excluding hydrogens is 261 g/mol. The summed E-state index contributed by atoms with van der Waals surface area (Å²) in [4.78, 5) is 11.1. The standard InChI is InChI=1S/C10H8ClF3OS/c1-5(15)9(11)8-6(10(12,13)14)3-2-4-7(8)16/h2-4,9,16H,1H3. The van der Waals surface area contributed by atoms with Gasteiger partial charge < -0.3 is 0 Å². The van der Waals surface area contributed by atoms with Gasteiger partial charge in [0.25, 0.3) is 0 Å². The summed E-state index contributed by atoms with van der Waals surface area (Å²) in [5.41, 5.74) is -1.21. The quantitative estimate of drug-likeness (QED) is 0.637. The maximum absolute atomic E-state index is 12.6. The molecule has 0 bridgehead atoms. The maximum atomic E-state index is 12.6. The lowest BCUT2D eigenvalue weighted by atomic mass is 10.0. The van der Waals surface area contributed by atoms with E-state index in [4.69, 9.17) is 11.6 Å². The fourth-order valence-electron chi connectivity index (χ4n) is 1.27. The third-order valence-corrected chi connectivity index (χ3v) is 2.91. The van der Waals surface area contributed by atoms with Gasteiger partial charge in [-0.05, 0) is 19.1 Å². The highest BCUT2D eigenvalue weighted by Crippen LogP contribution is 2.39. The second-order valence-electron chi connectivity index (χ2n) is 3.21. The van der Waals surface area contributed by atoms with Crippen LogP contribution in [0.2, 0.25) is 0 Å². The summed E-state index contributed by atoms with van der Waals surface area (Å²) in [6.45, 7) is 1.14. The van der Waals surface area contributed by atoms with Crippen LogP contribution in [0, 0.1) is 0 Å². The predicted molar refractivity (Wildman–Crippen MR) is 58.0 cm³/mol. The summed E-state index contributed by atoms with van der Waals surface area (Å²) in [6, 6.07) is 3.47. The lowest BCUT2D eigenvalue weighted by molar-refractivity contribution is -0.138. The average molecular weight is 269 g/mol. The van der Waals surface area contributed by atoms with Crippen LogP contribution in [0.1, 0.15) is 23.4 Å². The molecule has 0 aliphatic rings. The number of carbonyl (C=O) groups excluding carboxylic acids is 1. The molecule has 1 unspecified atom stereocenters. The number of rotatable bonds is 2. The van der Waals surface area contributed by atoms with Gasteiger partial charge >= 0.3 is 6.18 Å². The van der Waals surface area contributed by atoms with E-state index in [9.17, 15) is 18.0 Å². The topological polar surface area (TPSA) is 17.1 Å². The average Bonchev–Trinajstić information content (AvgIpc) is 2.14. The molecule has 0 saturated heterocycles. The number of alkyl halides is 4. The largest absolute Gasteiger partial charge is 0.416 e. The van der Waals surface area contributed by atoms with Crippen LogP contribution in [-0.2, 0) is 11.0 Å². The van der Waals surface area contributed by atoms with Gasteiger partial charge in [-0.15, -0.1) is 24.2 Å². The smallest absolute Gasteiger partial charge is 0.298 e. The number of halogens is 4. The first-order valence-electron chi connectivity index (χ1n) is 4.28. The normalized spacial score (nSPS) is 13.6. The Kier molecular flexibility index (Phi) is 3.91. The molecule has 1 nitrogen and oxygen atoms in total. The summed E-state index contributed by atoms with van der Waals surface area (Å²) >= 11 is 9.56. The minimum absolute atomic E-state index is 0.0602. The van der Waals surface area contributed by atoms with Crippen LogP contribution in [-0.4, -0.2) is 5.78 Å². The van der Waals surface area contributed by atoms with Crippen LogP contribution in [0.25, 0.3) is 0 Å². The van der Waals surface area contributed by atoms with Crippen LogP contribution in [0.5, 0.6) is 0 Å². The Hall–Kier alpha value is -0.680. The molecule has 1 aromatic rings. The molecule has 6 heteroatoms. The Morgan fingerprint density at radius 3 is 2.44 bits per heavy atom. The molecule has 0 aromatic heterocycles. The summed E-state index contributed by atoms with van der Waals surface area (Å²) in [5.74, 6) is -0.548. The van der Waals surface area contributed by atoms with E-state index in [1.54, 1.807) is 0 Å². The SMILES string of the molecule is CC(=O)C(Cl)c1c(S)cccc1C(F)(F)F. The summed E-state index contributed by atoms with van der Waals surface area (Å²) < 4.78 is 37.9. The van der Waals surface area contributed by atoms with Crippen molar-refractivity contribution in [3.05, 3.63) is 29.3 Å². The Bertz CT molecular complexity index is 417. The molecule has 1 rings (SSSR count). The van der Waals surface area contributed by atoms with Crippen molar-refractivity contribution in [1.82, 2.24) is 0 Å². The third kappa shape index (κ3) is 2.71. The first kappa shape index (κ1) is 13.4. The minimum atomic E-state index is -4.54. The molecule has 0 spiro atoms. The summed E-state index contributed by atoms with van der Waals surface area (Å²) in [5, 5.41) is -1.33. The van der Waals surface area contributed by atoms with E-state index < -0.39 is 22.9 Å². The molecule has 88 valence electrons. The summed E-state index contributed by atoms with van der Waals surface area (Å²) in [6.07, 6.45) is -4.54. The van der Waals surface area contributed by atoms with Crippen molar-refractivity contribution >= 4 is 30.0 Å².